The average Bonchev–Trinajstić information content (AvgIpc) is 2.48. The minimum Gasteiger partial charge on any atom is -0.482 e. The molecule has 0 radical (unpaired) electrons. The van der Waals surface area contributed by atoms with Gasteiger partial charge in [-0.25, -0.2) is 0 Å². The lowest BCUT2D eigenvalue weighted by Crippen LogP contribution is -2.31. The topological polar surface area (TPSA) is 9.23 Å². The normalized spacial score (nSPS) is 19.6. The molecule has 1 aliphatic heterocycles. The zero-order valence-electron chi connectivity index (χ0n) is 13.3. The van der Waals surface area contributed by atoms with Crippen LogP contribution in [0.2, 0.25) is 5.02 Å². The molecule has 114 valence electrons. The van der Waals surface area contributed by atoms with E-state index >= 15 is 0 Å². The Morgan fingerprint density at radius 2 is 1.95 bits per heavy atom. The van der Waals surface area contributed by atoms with Gasteiger partial charge >= 0.3 is 0 Å². The molecule has 3 rings (SSSR count). The summed E-state index contributed by atoms with van der Waals surface area (Å²) in [7, 11) is 0. The summed E-state index contributed by atoms with van der Waals surface area (Å²) in [5.41, 5.74) is 2.14. The van der Waals surface area contributed by atoms with E-state index in [1.807, 2.05) is 24.3 Å². The fourth-order valence-corrected chi connectivity index (χ4v) is 3.16. The van der Waals surface area contributed by atoms with E-state index in [4.69, 9.17) is 16.3 Å². The summed E-state index contributed by atoms with van der Waals surface area (Å²) < 4.78 is 6.39. The molecule has 0 spiro atoms. The summed E-state index contributed by atoms with van der Waals surface area (Å²) in [5.74, 6) is 0.946. The largest absolute Gasteiger partial charge is 0.482 e. The number of allylic oxidation sites excluding steroid dienone is 2. The molecule has 0 bridgehead atoms. The van der Waals surface area contributed by atoms with E-state index in [-0.39, 0.29) is 5.60 Å². The van der Waals surface area contributed by atoms with Crippen LogP contribution in [0.5, 0.6) is 5.75 Å². The van der Waals surface area contributed by atoms with Crippen molar-refractivity contribution in [3.8, 4) is 5.75 Å². The van der Waals surface area contributed by atoms with Crippen molar-refractivity contribution < 1.29 is 4.74 Å². The van der Waals surface area contributed by atoms with E-state index in [9.17, 15) is 0 Å². The van der Waals surface area contributed by atoms with Gasteiger partial charge in [-0.15, -0.1) is 0 Å². The molecule has 2 aromatic carbocycles. The number of fused-ring (bicyclic) bond motifs is 3. The Hall–Kier alpha value is -1.73. The maximum Gasteiger partial charge on any atom is 0.135 e. The molecule has 1 nitrogen and oxygen atoms in total. The van der Waals surface area contributed by atoms with Crippen molar-refractivity contribution in [1.29, 1.82) is 0 Å². The summed E-state index contributed by atoms with van der Waals surface area (Å²) in [6.07, 6.45) is 8.53. The monoisotopic (exact) mass is 312 g/mol. The first kappa shape index (κ1) is 15.2. The standard InChI is InChI=1S/C20H21ClO/c1-14(2)7-6-11-20(3)12-10-15-13-18(21)16-8-4-5-9-17(16)19(15)22-20/h4-5,7-10,12-13H,6,11H2,1-3H3. The van der Waals surface area contributed by atoms with Crippen LogP contribution in [0, 0.1) is 0 Å². The van der Waals surface area contributed by atoms with Gasteiger partial charge in [-0.05, 0) is 45.8 Å². The third-order valence-electron chi connectivity index (χ3n) is 4.12. The van der Waals surface area contributed by atoms with Crippen molar-refractivity contribution in [3.05, 3.63) is 58.6 Å². The molecule has 0 aromatic heterocycles. The van der Waals surface area contributed by atoms with Gasteiger partial charge < -0.3 is 4.74 Å². The van der Waals surface area contributed by atoms with Crippen molar-refractivity contribution >= 4 is 28.4 Å². The number of rotatable bonds is 3. The van der Waals surface area contributed by atoms with Crippen LogP contribution >= 0.6 is 11.6 Å². The highest BCUT2D eigenvalue weighted by atomic mass is 35.5. The molecule has 0 amide bonds. The van der Waals surface area contributed by atoms with Crippen LogP contribution in [0.4, 0.5) is 0 Å². The quantitative estimate of drug-likeness (QED) is 0.595. The summed E-state index contributed by atoms with van der Waals surface area (Å²) in [6, 6.07) is 10.1. The van der Waals surface area contributed by atoms with Crippen LogP contribution in [-0.2, 0) is 0 Å². The minimum atomic E-state index is -0.268. The highest BCUT2D eigenvalue weighted by molar-refractivity contribution is 6.36. The molecule has 0 aliphatic carbocycles. The first-order valence-electron chi connectivity index (χ1n) is 7.71. The molecular weight excluding hydrogens is 292 g/mol. The number of halogens is 1. The third kappa shape index (κ3) is 2.91. The molecule has 1 unspecified atom stereocenters. The summed E-state index contributed by atoms with van der Waals surface area (Å²) in [5, 5.41) is 2.91. The Labute approximate surface area is 137 Å². The lowest BCUT2D eigenvalue weighted by atomic mass is 9.93. The maximum atomic E-state index is 6.39. The van der Waals surface area contributed by atoms with Gasteiger partial charge in [-0.1, -0.05) is 53.6 Å². The Bertz CT molecular complexity index is 769. The van der Waals surface area contributed by atoms with Gasteiger partial charge in [0.15, 0.2) is 0 Å². The third-order valence-corrected chi connectivity index (χ3v) is 4.43. The molecule has 0 fully saturated rings. The van der Waals surface area contributed by atoms with Gasteiger partial charge in [0.1, 0.15) is 11.4 Å². The number of ether oxygens (including phenoxy) is 1. The number of hydrogen-bond acceptors (Lipinski definition) is 1. The van der Waals surface area contributed by atoms with Crippen LogP contribution in [0.3, 0.4) is 0 Å². The van der Waals surface area contributed by atoms with Crippen LogP contribution in [0.25, 0.3) is 16.8 Å². The second-order valence-electron chi connectivity index (χ2n) is 6.39. The molecule has 1 aliphatic rings. The lowest BCUT2D eigenvalue weighted by Gasteiger charge is -2.32. The fourth-order valence-electron chi connectivity index (χ4n) is 2.88. The van der Waals surface area contributed by atoms with Gasteiger partial charge in [0.05, 0.1) is 0 Å². The number of hydrogen-bond donors (Lipinski definition) is 0. The second kappa shape index (κ2) is 5.81. The van der Waals surface area contributed by atoms with E-state index in [1.54, 1.807) is 0 Å². The molecular formula is C20H21ClO. The first-order valence-corrected chi connectivity index (χ1v) is 8.09. The van der Waals surface area contributed by atoms with Crippen LogP contribution in [0.15, 0.2) is 48.1 Å². The Kier molecular flexibility index (Phi) is 4.01. The summed E-state index contributed by atoms with van der Waals surface area (Å²) in [4.78, 5) is 0. The SMILES string of the molecule is CC(C)=CCCC1(C)C=Cc2cc(Cl)c3ccccc3c2O1. The van der Waals surface area contributed by atoms with Gasteiger partial charge in [-0.3, -0.25) is 0 Å². The van der Waals surface area contributed by atoms with E-state index in [1.165, 1.54) is 5.57 Å². The van der Waals surface area contributed by atoms with Crippen LogP contribution in [0.1, 0.15) is 39.2 Å². The zero-order valence-corrected chi connectivity index (χ0v) is 14.1. The molecule has 1 atom stereocenters. The van der Waals surface area contributed by atoms with Crippen molar-refractivity contribution in [2.75, 3.05) is 0 Å². The number of benzene rings is 2. The molecule has 2 heteroatoms. The lowest BCUT2D eigenvalue weighted by molar-refractivity contribution is 0.131. The van der Waals surface area contributed by atoms with Crippen molar-refractivity contribution in [2.45, 2.75) is 39.2 Å². The minimum absolute atomic E-state index is 0.268. The second-order valence-corrected chi connectivity index (χ2v) is 6.80. The van der Waals surface area contributed by atoms with E-state index < -0.39 is 0 Å². The van der Waals surface area contributed by atoms with Crippen LogP contribution < -0.4 is 4.74 Å². The highest BCUT2D eigenvalue weighted by Gasteiger charge is 2.28. The van der Waals surface area contributed by atoms with Crippen molar-refractivity contribution in [3.63, 3.8) is 0 Å². The zero-order chi connectivity index (χ0) is 15.7. The summed E-state index contributed by atoms with van der Waals surface area (Å²) in [6.45, 7) is 6.41. The summed E-state index contributed by atoms with van der Waals surface area (Å²) >= 11 is 6.39. The molecule has 2 aromatic rings. The highest BCUT2D eigenvalue weighted by Crippen LogP contribution is 2.41. The van der Waals surface area contributed by atoms with Gasteiger partial charge in [-0.2, -0.15) is 0 Å². The van der Waals surface area contributed by atoms with E-state index in [0.29, 0.717) is 0 Å². The predicted octanol–water partition coefficient (Wildman–Crippen LogP) is 6.40. The van der Waals surface area contributed by atoms with Gasteiger partial charge in [0, 0.05) is 21.4 Å². The predicted molar refractivity (Wildman–Crippen MR) is 95.7 cm³/mol. The van der Waals surface area contributed by atoms with E-state index in [0.717, 1.165) is 39.9 Å². The van der Waals surface area contributed by atoms with Gasteiger partial charge in [0.25, 0.3) is 0 Å². The fraction of sp³-hybridized carbons (Fsp3) is 0.300. The molecule has 0 N–H and O–H groups in total. The smallest absolute Gasteiger partial charge is 0.135 e. The van der Waals surface area contributed by atoms with Crippen molar-refractivity contribution in [1.82, 2.24) is 0 Å². The first-order chi connectivity index (χ1) is 10.5. The average molecular weight is 313 g/mol. The van der Waals surface area contributed by atoms with E-state index in [2.05, 4.69) is 45.1 Å². The Morgan fingerprint density at radius 3 is 2.68 bits per heavy atom. The van der Waals surface area contributed by atoms with Gasteiger partial charge in [0.2, 0.25) is 0 Å². The molecule has 1 heterocycles. The Morgan fingerprint density at radius 1 is 1.23 bits per heavy atom. The maximum absolute atomic E-state index is 6.39. The molecule has 0 saturated carbocycles. The Balaban J connectivity index is 1.98. The molecule has 22 heavy (non-hydrogen) atoms. The molecule has 0 saturated heterocycles. The van der Waals surface area contributed by atoms with Crippen LogP contribution in [-0.4, -0.2) is 5.60 Å². The van der Waals surface area contributed by atoms with Crippen molar-refractivity contribution in [2.24, 2.45) is 0 Å².